The molecule has 0 aromatic rings. The van der Waals surface area contributed by atoms with E-state index in [1.54, 1.807) is 7.11 Å². The normalized spacial score (nSPS) is 25.7. The van der Waals surface area contributed by atoms with Gasteiger partial charge in [-0.15, -0.1) is 0 Å². The summed E-state index contributed by atoms with van der Waals surface area (Å²) >= 11 is 0. The summed E-state index contributed by atoms with van der Waals surface area (Å²) in [5.41, 5.74) is -0.0655. The number of amides is 1. The Morgan fingerprint density at radius 2 is 1.76 bits per heavy atom. The highest BCUT2D eigenvalue weighted by Gasteiger charge is 2.33. The van der Waals surface area contributed by atoms with Crippen molar-refractivity contribution in [3.05, 3.63) is 0 Å². The SMILES string of the molecule is CCN(C(=O)C1CCC(OC)CC1)C(C)(C)C. The first kappa shape index (κ1) is 14.5. The van der Waals surface area contributed by atoms with Crippen LogP contribution in [-0.2, 0) is 9.53 Å². The fourth-order valence-corrected chi connectivity index (χ4v) is 2.73. The lowest BCUT2D eigenvalue weighted by molar-refractivity contribution is -0.142. The van der Waals surface area contributed by atoms with Gasteiger partial charge in [-0.1, -0.05) is 0 Å². The van der Waals surface area contributed by atoms with Gasteiger partial charge in [0.05, 0.1) is 6.10 Å². The Labute approximate surface area is 106 Å². The molecule has 17 heavy (non-hydrogen) atoms. The van der Waals surface area contributed by atoms with Crippen molar-refractivity contribution in [2.24, 2.45) is 5.92 Å². The zero-order valence-corrected chi connectivity index (χ0v) is 12.0. The van der Waals surface area contributed by atoms with Gasteiger partial charge < -0.3 is 9.64 Å². The number of rotatable bonds is 3. The van der Waals surface area contributed by atoms with E-state index >= 15 is 0 Å². The highest BCUT2D eigenvalue weighted by atomic mass is 16.5. The Kier molecular flexibility index (Phi) is 4.99. The molecule has 1 saturated carbocycles. The molecule has 1 aliphatic rings. The van der Waals surface area contributed by atoms with Gasteiger partial charge in [-0.2, -0.15) is 0 Å². The van der Waals surface area contributed by atoms with Gasteiger partial charge in [0.25, 0.3) is 0 Å². The molecule has 0 aromatic heterocycles. The van der Waals surface area contributed by atoms with Crippen molar-refractivity contribution in [2.75, 3.05) is 13.7 Å². The van der Waals surface area contributed by atoms with E-state index < -0.39 is 0 Å². The van der Waals surface area contributed by atoms with E-state index in [0.29, 0.717) is 12.0 Å². The number of nitrogens with zero attached hydrogens (tertiary/aromatic N) is 1. The van der Waals surface area contributed by atoms with Crippen LogP contribution in [0.5, 0.6) is 0 Å². The molecule has 100 valence electrons. The van der Waals surface area contributed by atoms with Crippen molar-refractivity contribution in [3.63, 3.8) is 0 Å². The summed E-state index contributed by atoms with van der Waals surface area (Å²) in [5, 5.41) is 0. The summed E-state index contributed by atoms with van der Waals surface area (Å²) < 4.78 is 5.35. The minimum Gasteiger partial charge on any atom is -0.381 e. The van der Waals surface area contributed by atoms with E-state index in [1.165, 1.54) is 0 Å². The maximum Gasteiger partial charge on any atom is 0.226 e. The van der Waals surface area contributed by atoms with Crippen molar-refractivity contribution in [1.82, 2.24) is 4.90 Å². The Hall–Kier alpha value is -0.570. The highest BCUT2D eigenvalue weighted by molar-refractivity contribution is 5.79. The molecule has 0 unspecified atom stereocenters. The summed E-state index contributed by atoms with van der Waals surface area (Å²) in [5.74, 6) is 0.537. The lowest BCUT2D eigenvalue weighted by Crippen LogP contribution is -2.48. The number of hydrogen-bond donors (Lipinski definition) is 0. The molecule has 0 saturated heterocycles. The zero-order chi connectivity index (χ0) is 13.1. The Balaban J connectivity index is 2.58. The summed E-state index contributed by atoms with van der Waals surface area (Å²) in [4.78, 5) is 14.5. The van der Waals surface area contributed by atoms with E-state index in [-0.39, 0.29) is 11.5 Å². The number of carbonyl (C=O) groups is 1. The molecule has 0 spiro atoms. The molecule has 1 rings (SSSR count). The van der Waals surface area contributed by atoms with Crippen molar-refractivity contribution in [3.8, 4) is 0 Å². The maximum atomic E-state index is 12.5. The molecule has 0 heterocycles. The van der Waals surface area contributed by atoms with Crippen LogP contribution in [-0.4, -0.2) is 36.1 Å². The topological polar surface area (TPSA) is 29.5 Å². The third kappa shape index (κ3) is 3.70. The highest BCUT2D eigenvalue weighted by Crippen LogP contribution is 2.29. The second-order valence-electron chi connectivity index (χ2n) is 5.96. The van der Waals surface area contributed by atoms with Crippen LogP contribution in [0.15, 0.2) is 0 Å². The number of carbonyl (C=O) groups excluding carboxylic acids is 1. The average Bonchev–Trinajstić information content (AvgIpc) is 2.28. The first-order valence-corrected chi connectivity index (χ1v) is 6.74. The molecule has 0 N–H and O–H groups in total. The first-order valence-electron chi connectivity index (χ1n) is 6.74. The third-order valence-corrected chi connectivity index (χ3v) is 3.75. The van der Waals surface area contributed by atoms with Crippen molar-refractivity contribution >= 4 is 5.91 Å². The second kappa shape index (κ2) is 5.85. The van der Waals surface area contributed by atoms with Gasteiger partial charge in [-0.25, -0.2) is 0 Å². The van der Waals surface area contributed by atoms with Gasteiger partial charge >= 0.3 is 0 Å². The minimum atomic E-state index is -0.0655. The zero-order valence-electron chi connectivity index (χ0n) is 12.0. The number of methoxy groups -OCH3 is 1. The van der Waals surface area contributed by atoms with E-state index in [0.717, 1.165) is 32.2 Å². The van der Waals surface area contributed by atoms with Crippen molar-refractivity contribution in [2.45, 2.75) is 65.0 Å². The number of hydrogen-bond acceptors (Lipinski definition) is 2. The molecular formula is C14H27NO2. The average molecular weight is 241 g/mol. The van der Waals surface area contributed by atoms with Gasteiger partial charge in [0.15, 0.2) is 0 Å². The van der Waals surface area contributed by atoms with Crippen LogP contribution in [0.4, 0.5) is 0 Å². The second-order valence-corrected chi connectivity index (χ2v) is 5.96. The van der Waals surface area contributed by atoms with Gasteiger partial charge in [0.2, 0.25) is 5.91 Å². The molecule has 0 atom stereocenters. The molecule has 1 fully saturated rings. The van der Waals surface area contributed by atoms with Gasteiger partial charge in [-0.3, -0.25) is 4.79 Å². The first-order chi connectivity index (χ1) is 7.90. The number of ether oxygens (including phenoxy) is 1. The third-order valence-electron chi connectivity index (χ3n) is 3.75. The van der Waals surface area contributed by atoms with Crippen LogP contribution in [0, 0.1) is 5.92 Å². The molecule has 1 aliphatic carbocycles. The molecule has 0 radical (unpaired) electrons. The lowest BCUT2D eigenvalue weighted by atomic mass is 9.85. The van der Waals surface area contributed by atoms with Crippen LogP contribution in [0.1, 0.15) is 53.4 Å². The van der Waals surface area contributed by atoms with Crippen molar-refractivity contribution < 1.29 is 9.53 Å². The Morgan fingerprint density at radius 3 is 2.12 bits per heavy atom. The fourth-order valence-electron chi connectivity index (χ4n) is 2.73. The van der Waals surface area contributed by atoms with E-state index in [9.17, 15) is 4.79 Å². The largest absolute Gasteiger partial charge is 0.381 e. The predicted octanol–water partition coefficient (Wildman–Crippen LogP) is 2.84. The van der Waals surface area contributed by atoms with E-state index in [1.807, 2.05) is 4.90 Å². The van der Waals surface area contributed by atoms with Crippen molar-refractivity contribution in [1.29, 1.82) is 0 Å². The van der Waals surface area contributed by atoms with Crippen LogP contribution in [0.3, 0.4) is 0 Å². The van der Waals surface area contributed by atoms with Crippen LogP contribution in [0.2, 0.25) is 0 Å². The minimum absolute atomic E-state index is 0.0655. The van der Waals surface area contributed by atoms with Gasteiger partial charge in [0.1, 0.15) is 0 Å². The summed E-state index contributed by atoms with van der Waals surface area (Å²) in [6.07, 6.45) is 4.36. The Bertz CT molecular complexity index is 249. The molecule has 1 amide bonds. The van der Waals surface area contributed by atoms with E-state index in [2.05, 4.69) is 27.7 Å². The standard InChI is InChI=1S/C14H27NO2/c1-6-15(14(2,3)4)13(16)11-7-9-12(17-5)10-8-11/h11-12H,6-10H2,1-5H3. The van der Waals surface area contributed by atoms with E-state index in [4.69, 9.17) is 4.74 Å². The fraction of sp³-hybridized carbons (Fsp3) is 0.929. The van der Waals surface area contributed by atoms with Gasteiger partial charge in [0, 0.05) is 25.1 Å². The Morgan fingerprint density at radius 1 is 1.24 bits per heavy atom. The smallest absolute Gasteiger partial charge is 0.226 e. The maximum absolute atomic E-state index is 12.5. The molecular weight excluding hydrogens is 214 g/mol. The summed E-state index contributed by atoms with van der Waals surface area (Å²) in [6.45, 7) is 9.18. The quantitative estimate of drug-likeness (QED) is 0.760. The lowest BCUT2D eigenvalue weighted by Gasteiger charge is -2.39. The molecule has 3 nitrogen and oxygen atoms in total. The van der Waals surface area contributed by atoms with Gasteiger partial charge in [-0.05, 0) is 53.4 Å². The monoisotopic (exact) mass is 241 g/mol. The van der Waals surface area contributed by atoms with Crippen LogP contribution in [0.25, 0.3) is 0 Å². The molecule has 0 aromatic carbocycles. The molecule has 3 heteroatoms. The van der Waals surface area contributed by atoms with Crippen LogP contribution < -0.4 is 0 Å². The predicted molar refractivity (Wildman–Crippen MR) is 69.9 cm³/mol. The summed E-state index contributed by atoms with van der Waals surface area (Å²) in [7, 11) is 1.76. The molecule has 0 bridgehead atoms. The molecule has 0 aliphatic heterocycles. The summed E-state index contributed by atoms with van der Waals surface area (Å²) in [6, 6.07) is 0. The van der Waals surface area contributed by atoms with Crippen LogP contribution >= 0.6 is 0 Å².